The molecule has 106 valence electrons. The van der Waals surface area contributed by atoms with Crippen molar-refractivity contribution in [1.29, 1.82) is 0 Å². The fraction of sp³-hybridized carbons (Fsp3) is 0.200. The summed E-state index contributed by atoms with van der Waals surface area (Å²) in [7, 11) is 0. The maximum atomic E-state index is 6.86. The summed E-state index contributed by atoms with van der Waals surface area (Å²) in [5.41, 5.74) is 6.16. The molecule has 0 saturated heterocycles. The van der Waals surface area contributed by atoms with Crippen LogP contribution in [0.15, 0.2) is 54.6 Å². The van der Waals surface area contributed by atoms with Gasteiger partial charge < -0.3 is 0 Å². The van der Waals surface area contributed by atoms with E-state index in [9.17, 15) is 0 Å². The summed E-state index contributed by atoms with van der Waals surface area (Å²) < 4.78 is 0. The van der Waals surface area contributed by atoms with Crippen LogP contribution in [-0.4, -0.2) is 0 Å². The van der Waals surface area contributed by atoms with E-state index in [0.29, 0.717) is 0 Å². The van der Waals surface area contributed by atoms with E-state index >= 15 is 0 Å². The molecule has 0 amide bonds. The van der Waals surface area contributed by atoms with Gasteiger partial charge in [0.2, 0.25) is 0 Å². The number of fused-ring (bicyclic) bond motifs is 1. The minimum absolute atomic E-state index is 0.116. The van der Waals surface area contributed by atoms with Crippen LogP contribution in [0, 0.1) is 20.8 Å². The third-order valence-electron chi connectivity index (χ3n) is 3.98. The lowest BCUT2D eigenvalue weighted by Crippen LogP contribution is -1.99. The van der Waals surface area contributed by atoms with Gasteiger partial charge in [-0.05, 0) is 48.2 Å². The Morgan fingerprint density at radius 1 is 0.810 bits per heavy atom. The maximum Gasteiger partial charge on any atom is 0.0844 e. The van der Waals surface area contributed by atoms with Crippen molar-refractivity contribution in [3.8, 4) is 0 Å². The zero-order valence-electron chi connectivity index (χ0n) is 12.7. The molecule has 1 heteroatoms. The van der Waals surface area contributed by atoms with Crippen molar-refractivity contribution in [2.24, 2.45) is 0 Å². The molecule has 0 aliphatic heterocycles. The predicted molar refractivity (Wildman–Crippen MR) is 92.3 cm³/mol. The molecule has 0 fully saturated rings. The van der Waals surface area contributed by atoms with Gasteiger partial charge in [-0.25, -0.2) is 0 Å². The van der Waals surface area contributed by atoms with Crippen molar-refractivity contribution in [3.63, 3.8) is 0 Å². The predicted octanol–water partition coefficient (Wildman–Crippen LogP) is 6.09. The Hall–Kier alpha value is -1.79. The van der Waals surface area contributed by atoms with Gasteiger partial charge in [-0.2, -0.15) is 0 Å². The lowest BCUT2D eigenvalue weighted by molar-refractivity contribution is 1.11. The molecule has 0 aromatic heterocycles. The van der Waals surface area contributed by atoms with E-state index in [2.05, 4.69) is 75.4 Å². The molecule has 21 heavy (non-hydrogen) atoms. The van der Waals surface area contributed by atoms with Crippen LogP contribution in [0.2, 0.25) is 0 Å². The second-order valence-electron chi connectivity index (χ2n) is 5.80. The molecule has 0 saturated carbocycles. The van der Waals surface area contributed by atoms with E-state index in [1.54, 1.807) is 0 Å². The molecule has 3 rings (SSSR count). The number of halogens is 1. The van der Waals surface area contributed by atoms with Crippen LogP contribution in [0.25, 0.3) is 10.8 Å². The Balaban J connectivity index is 2.21. The van der Waals surface area contributed by atoms with E-state index in [4.69, 9.17) is 11.6 Å². The first-order chi connectivity index (χ1) is 10.1. The summed E-state index contributed by atoms with van der Waals surface area (Å²) in [6.07, 6.45) is 0. The van der Waals surface area contributed by atoms with Gasteiger partial charge in [-0.15, -0.1) is 11.6 Å². The maximum absolute atomic E-state index is 6.86. The molecule has 0 heterocycles. The first-order valence-corrected chi connectivity index (χ1v) is 7.70. The molecular weight excluding hydrogens is 276 g/mol. The van der Waals surface area contributed by atoms with Crippen molar-refractivity contribution in [1.82, 2.24) is 0 Å². The van der Waals surface area contributed by atoms with E-state index in [1.807, 2.05) is 0 Å². The third-order valence-corrected chi connectivity index (χ3v) is 4.45. The van der Waals surface area contributed by atoms with Gasteiger partial charge in [-0.1, -0.05) is 65.7 Å². The third kappa shape index (κ3) is 2.69. The average molecular weight is 295 g/mol. The molecule has 3 aromatic rings. The minimum Gasteiger partial charge on any atom is -0.113 e. The summed E-state index contributed by atoms with van der Waals surface area (Å²) in [5, 5.41) is 2.37. The topological polar surface area (TPSA) is 0 Å². The number of hydrogen-bond donors (Lipinski definition) is 0. The Bertz CT molecular complexity index is 782. The number of aryl methyl sites for hydroxylation is 3. The molecule has 3 aromatic carbocycles. The van der Waals surface area contributed by atoms with Gasteiger partial charge in [0, 0.05) is 0 Å². The first kappa shape index (κ1) is 14.2. The van der Waals surface area contributed by atoms with Crippen molar-refractivity contribution in [3.05, 3.63) is 82.4 Å². The summed E-state index contributed by atoms with van der Waals surface area (Å²) in [6, 6.07) is 19.3. The second kappa shape index (κ2) is 5.54. The number of alkyl halides is 1. The highest BCUT2D eigenvalue weighted by Crippen LogP contribution is 2.36. The molecular formula is C20H19Cl. The van der Waals surface area contributed by atoms with Crippen LogP contribution < -0.4 is 0 Å². The normalized spacial score (nSPS) is 12.6. The highest BCUT2D eigenvalue weighted by molar-refractivity contribution is 6.23. The summed E-state index contributed by atoms with van der Waals surface area (Å²) in [5.74, 6) is 0. The molecule has 0 nitrogen and oxygen atoms in total. The quantitative estimate of drug-likeness (QED) is 0.501. The molecule has 0 bridgehead atoms. The van der Waals surface area contributed by atoms with Crippen molar-refractivity contribution in [2.45, 2.75) is 26.1 Å². The van der Waals surface area contributed by atoms with Crippen LogP contribution >= 0.6 is 11.6 Å². The Morgan fingerprint density at radius 2 is 1.48 bits per heavy atom. The van der Waals surface area contributed by atoms with Gasteiger partial charge in [0.15, 0.2) is 0 Å². The minimum atomic E-state index is -0.116. The highest BCUT2D eigenvalue weighted by Gasteiger charge is 2.16. The fourth-order valence-corrected chi connectivity index (χ4v) is 3.48. The lowest BCUT2D eigenvalue weighted by Gasteiger charge is -2.17. The number of hydrogen-bond acceptors (Lipinski definition) is 0. The van der Waals surface area contributed by atoms with Gasteiger partial charge in [0.25, 0.3) is 0 Å². The zero-order valence-corrected chi connectivity index (χ0v) is 13.4. The number of benzene rings is 3. The van der Waals surface area contributed by atoms with Crippen LogP contribution in [0.3, 0.4) is 0 Å². The molecule has 1 unspecified atom stereocenters. The Kier molecular flexibility index (Phi) is 3.73. The molecule has 0 radical (unpaired) electrons. The van der Waals surface area contributed by atoms with Gasteiger partial charge >= 0.3 is 0 Å². The molecule has 0 aliphatic rings. The second-order valence-corrected chi connectivity index (χ2v) is 6.24. The summed E-state index contributed by atoms with van der Waals surface area (Å²) in [6.45, 7) is 6.38. The van der Waals surface area contributed by atoms with Crippen LogP contribution in [0.4, 0.5) is 0 Å². The highest BCUT2D eigenvalue weighted by atomic mass is 35.5. The van der Waals surface area contributed by atoms with Crippen molar-refractivity contribution < 1.29 is 0 Å². The monoisotopic (exact) mass is 294 g/mol. The van der Waals surface area contributed by atoms with Gasteiger partial charge in [-0.3, -0.25) is 0 Å². The largest absolute Gasteiger partial charge is 0.113 e. The summed E-state index contributed by atoms with van der Waals surface area (Å²) >= 11 is 6.86. The Morgan fingerprint density at radius 3 is 2.19 bits per heavy atom. The van der Waals surface area contributed by atoms with Crippen molar-refractivity contribution in [2.75, 3.05) is 0 Å². The van der Waals surface area contributed by atoms with Crippen LogP contribution in [-0.2, 0) is 0 Å². The SMILES string of the molecule is Cc1cc(C)cc(C(Cl)c2c(C)ccc3ccccc23)c1. The molecule has 0 N–H and O–H groups in total. The molecule has 1 atom stereocenters. The van der Waals surface area contributed by atoms with Crippen LogP contribution in [0.1, 0.15) is 33.2 Å². The van der Waals surface area contributed by atoms with E-state index < -0.39 is 0 Å². The van der Waals surface area contributed by atoms with E-state index in [-0.39, 0.29) is 5.38 Å². The van der Waals surface area contributed by atoms with E-state index in [0.717, 1.165) is 0 Å². The van der Waals surface area contributed by atoms with Gasteiger partial charge in [0.05, 0.1) is 5.38 Å². The standard InChI is InChI=1S/C20H19Cl/c1-13-10-14(2)12-17(11-13)20(21)19-15(3)8-9-16-6-4-5-7-18(16)19/h4-12,20H,1-3H3. The Labute approximate surface area is 131 Å². The zero-order chi connectivity index (χ0) is 15.0. The number of rotatable bonds is 2. The molecule has 0 aliphatic carbocycles. The summed E-state index contributed by atoms with van der Waals surface area (Å²) in [4.78, 5) is 0. The smallest absolute Gasteiger partial charge is 0.0844 e. The van der Waals surface area contributed by atoms with Crippen molar-refractivity contribution >= 4 is 22.4 Å². The average Bonchev–Trinajstić information content (AvgIpc) is 2.45. The van der Waals surface area contributed by atoms with E-state index in [1.165, 1.54) is 38.6 Å². The van der Waals surface area contributed by atoms with Crippen LogP contribution in [0.5, 0.6) is 0 Å². The fourth-order valence-electron chi connectivity index (χ4n) is 3.06. The first-order valence-electron chi connectivity index (χ1n) is 7.27. The lowest BCUT2D eigenvalue weighted by atomic mass is 9.93. The molecule has 0 spiro atoms. The van der Waals surface area contributed by atoms with Gasteiger partial charge in [0.1, 0.15) is 0 Å².